The summed E-state index contributed by atoms with van der Waals surface area (Å²) in [5.74, 6) is 0.328. The summed E-state index contributed by atoms with van der Waals surface area (Å²) < 4.78 is 0. The lowest BCUT2D eigenvalue weighted by molar-refractivity contribution is -0.120. The second kappa shape index (κ2) is 5.96. The molecule has 3 heteroatoms. The van der Waals surface area contributed by atoms with Crippen LogP contribution in [-0.4, -0.2) is 30.1 Å². The average molecular weight is 318 g/mol. The highest BCUT2D eigenvalue weighted by Crippen LogP contribution is 2.74. The van der Waals surface area contributed by atoms with E-state index in [2.05, 4.69) is 44.0 Å². The quantitative estimate of drug-likeness (QED) is 0.781. The van der Waals surface area contributed by atoms with Crippen molar-refractivity contribution < 1.29 is 4.79 Å². The minimum atomic E-state index is -1.13. The van der Waals surface area contributed by atoms with Crippen LogP contribution in [0.5, 0.6) is 0 Å². The number of aryl methyl sites for hydroxylation is 2. The molecule has 1 aliphatic heterocycles. The van der Waals surface area contributed by atoms with Crippen LogP contribution in [0.2, 0.25) is 0 Å². The highest BCUT2D eigenvalue weighted by atomic mass is 31.2. The van der Waals surface area contributed by atoms with E-state index in [0.29, 0.717) is 5.91 Å². The third kappa shape index (κ3) is 2.50. The van der Waals surface area contributed by atoms with Gasteiger partial charge in [0.15, 0.2) is 5.16 Å². The molecule has 1 heterocycles. The van der Waals surface area contributed by atoms with E-state index in [1.54, 1.807) is 0 Å². The lowest BCUT2D eigenvalue weighted by Crippen LogP contribution is -2.52. The first-order valence-corrected chi connectivity index (χ1v) is 11.3. The molecule has 1 aliphatic carbocycles. The maximum atomic E-state index is 13.2. The van der Waals surface area contributed by atoms with E-state index in [0.717, 1.165) is 18.5 Å². The van der Waals surface area contributed by atoms with E-state index in [9.17, 15) is 4.79 Å². The summed E-state index contributed by atoms with van der Waals surface area (Å²) in [6, 6.07) is 6.25. The van der Waals surface area contributed by atoms with Crippen LogP contribution >= 0.6 is 7.26 Å². The van der Waals surface area contributed by atoms with Gasteiger partial charge in [-0.05, 0) is 63.5 Å². The molecular weight excluding hydrogens is 289 g/mol. The summed E-state index contributed by atoms with van der Waals surface area (Å²) in [5.41, 5.74) is 3.40. The van der Waals surface area contributed by atoms with Gasteiger partial charge in [-0.25, -0.2) is 0 Å². The molecule has 1 amide bonds. The fraction of sp³-hybridized carbons (Fsp3) is 0.632. The predicted molar refractivity (Wildman–Crippen MR) is 97.6 cm³/mol. The van der Waals surface area contributed by atoms with Crippen molar-refractivity contribution in [2.24, 2.45) is 0 Å². The van der Waals surface area contributed by atoms with E-state index in [1.807, 2.05) is 0 Å². The lowest BCUT2D eigenvalue weighted by atomic mass is 9.83. The van der Waals surface area contributed by atoms with Gasteiger partial charge in [-0.1, -0.05) is 18.2 Å². The van der Waals surface area contributed by atoms with E-state index >= 15 is 0 Å². The topological polar surface area (TPSA) is 29.1 Å². The van der Waals surface area contributed by atoms with Gasteiger partial charge in [0.1, 0.15) is 0 Å². The van der Waals surface area contributed by atoms with Crippen molar-refractivity contribution >= 4 is 18.9 Å². The molecular formula is C19H29NOP+. The third-order valence-electron chi connectivity index (χ3n) is 6.16. The zero-order valence-electron chi connectivity index (χ0n) is 14.2. The summed E-state index contributed by atoms with van der Waals surface area (Å²) in [6.45, 7) is 6.66. The fourth-order valence-electron chi connectivity index (χ4n) is 4.40. The van der Waals surface area contributed by atoms with Crippen molar-refractivity contribution in [2.45, 2.75) is 57.5 Å². The zero-order chi connectivity index (χ0) is 15.8. The standard InChI is InChI=1S/C19H28NOP/c1-15-9-7-10-16(2)17(15)20-18(21)19(11-8-12-19)22(3)13-5-4-6-14-22/h7,9-10H,4-6,8,11-14H2,1-3H3/p+1. The number of para-hydroxylation sites is 1. The maximum absolute atomic E-state index is 13.2. The Morgan fingerprint density at radius 2 is 1.64 bits per heavy atom. The number of nitrogens with one attached hydrogen (secondary N) is 1. The van der Waals surface area contributed by atoms with E-state index in [-0.39, 0.29) is 5.16 Å². The van der Waals surface area contributed by atoms with Crippen LogP contribution in [-0.2, 0) is 4.79 Å². The van der Waals surface area contributed by atoms with Crippen LogP contribution in [0.1, 0.15) is 49.7 Å². The Morgan fingerprint density at radius 1 is 1.05 bits per heavy atom. The van der Waals surface area contributed by atoms with Gasteiger partial charge in [-0.2, -0.15) is 0 Å². The van der Waals surface area contributed by atoms with Crippen molar-refractivity contribution in [1.82, 2.24) is 0 Å². The molecule has 1 aromatic carbocycles. The maximum Gasteiger partial charge on any atom is 0.268 e. The zero-order valence-corrected chi connectivity index (χ0v) is 15.1. The molecule has 1 N–H and O–H groups in total. The molecule has 2 fully saturated rings. The Kier molecular flexibility index (Phi) is 4.34. The number of hydrogen-bond donors (Lipinski definition) is 1. The molecule has 1 saturated heterocycles. The third-order valence-corrected chi connectivity index (χ3v) is 11.5. The van der Waals surface area contributed by atoms with Gasteiger partial charge in [0.05, 0.1) is 12.3 Å². The number of carbonyl (C=O) groups is 1. The van der Waals surface area contributed by atoms with Gasteiger partial charge in [0, 0.05) is 19.6 Å². The lowest BCUT2D eigenvalue weighted by Gasteiger charge is -2.49. The normalized spacial score (nSPS) is 22.7. The molecule has 0 radical (unpaired) electrons. The number of carbonyl (C=O) groups excluding carboxylic acids is 1. The average Bonchev–Trinajstić information content (AvgIpc) is 2.42. The number of rotatable bonds is 3. The molecule has 22 heavy (non-hydrogen) atoms. The second-order valence-electron chi connectivity index (χ2n) is 7.51. The molecule has 0 aromatic heterocycles. The number of benzene rings is 1. The summed E-state index contributed by atoms with van der Waals surface area (Å²) >= 11 is 0. The Balaban J connectivity index is 1.86. The summed E-state index contributed by atoms with van der Waals surface area (Å²) in [4.78, 5) is 13.2. The van der Waals surface area contributed by atoms with Crippen LogP contribution in [0.15, 0.2) is 18.2 Å². The van der Waals surface area contributed by atoms with E-state index < -0.39 is 7.26 Å². The Bertz CT molecular complexity index is 551. The molecule has 1 saturated carbocycles. The highest BCUT2D eigenvalue weighted by Gasteiger charge is 2.63. The Hall–Kier alpha value is -0.880. The fourth-order valence-corrected chi connectivity index (χ4v) is 9.27. The van der Waals surface area contributed by atoms with Crippen molar-refractivity contribution in [3.05, 3.63) is 29.3 Å². The number of amides is 1. The second-order valence-corrected chi connectivity index (χ2v) is 12.1. The molecule has 0 unspecified atom stereocenters. The summed E-state index contributed by atoms with van der Waals surface area (Å²) in [7, 11) is -1.13. The van der Waals surface area contributed by atoms with Crippen LogP contribution in [0.4, 0.5) is 5.69 Å². The van der Waals surface area contributed by atoms with Crippen LogP contribution in [0, 0.1) is 13.8 Å². The Labute approximate surface area is 135 Å². The molecule has 1 aromatic rings. The minimum absolute atomic E-state index is 0.0118. The van der Waals surface area contributed by atoms with Gasteiger partial charge >= 0.3 is 0 Å². The number of hydrogen-bond acceptors (Lipinski definition) is 1. The molecule has 2 nitrogen and oxygen atoms in total. The number of anilines is 1. The molecule has 120 valence electrons. The van der Waals surface area contributed by atoms with Crippen LogP contribution in [0.25, 0.3) is 0 Å². The monoisotopic (exact) mass is 318 g/mol. The largest absolute Gasteiger partial charge is 0.322 e. The van der Waals surface area contributed by atoms with Gasteiger partial charge in [0.25, 0.3) is 5.91 Å². The Morgan fingerprint density at radius 3 is 2.14 bits per heavy atom. The van der Waals surface area contributed by atoms with Crippen LogP contribution < -0.4 is 5.32 Å². The van der Waals surface area contributed by atoms with Crippen LogP contribution in [0.3, 0.4) is 0 Å². The van der Waals surface area contributed by atoms with E-state index in [4.69, 9.17) is 0 Å². The first-order chi connectivity index (χ1) is 10.5. The van der Waals surface area contributed by atoms with Gasteiger partial charge in [-0.3, -0.25) is 4.79 Å². The molecule has 2 aliphatic rings. The predicted octanol–water partition coefficient (Wildman–Crippen LogP) is 5.00. The van der Waals surface area contributed by atoms with Crippen molar-refractivity contribution in [2.75, 3.05) is 24.3 Å². The van der Waals surface area contributed by atoms with Gasteiger partial charge in [0.2, 0.25) is 0 Å². The van der Waals surface area contributed by atoms with E-state index in [1.165, 1.54) is 49.1 Å². The van der Waals surface area contributed by atoms with Gasteiger partial charge in [-0.15, -0.1) is 0 Å². The van der Waals surface area contributed by atoms with Crippen molar-refractivity contribution in [3.63, 3.8) is 0 Å². The first-order valence-electron chi connectivity index (χ1n) is 8.71. The van der Waals surface area contributed by atoms with Crippen molar-refractivity contribution in [3.8, 4) is 0 Å². The first kappa shape index (κ1) is 16.0. The smallest absolute Gasteiger partial charge is 0.268 e. The van der Waals surface area contributed by atoms with Gasteiger partial charge < -0.3 is 5.32 Å². The minimum Gasteiger partial charge on any atom is -0.322 e. The summed E-state index contributed by atoms with van der Waals surface area (Å²) in [5, 5.41) is 3.32. The van der Waals surface area contributed by atoms with Crippen molar-refractivity contribution in [1.29, 1.82) is 0 Å². The molecule has 3 rings (SSSR count). The SMILES string of the molecule is Cc1cccc(C)c1NC(=O)C1([P+]2(C)CCCCC2)CCC1. The molecule has 0 atom stereocenters. The highest BCUT2D eigenvalue weighted by molar-refractivity contribution is 7.77. The molecule has 0 bridgehead atoms. The molecule has 0 spiro atoms. The summed E-state index contributed by atoms with van der Waals surface area (Å²) in [6.07, 6.45) is 10.2.